The largest absolute Gasteiger partial charge is 0.323 e. The van der Waals surface area contributed by atoms with Gasteiger partial charge in [-0.15, -0.1) is 0 Å². The predicted molar refractivity (Wildman–Crippen MR) is 110 cm³/mol. The zero-order chi connectivity index (χ0) is 18.3. The summed E-state index contributed by atoms with van der Waals surface area (Å²) in [5.74, 6) is 1.19. The van der Waals surface area contributed by atoms with Crippen molar-refractivity contribution in [3.63, 3.8) is 0 Å². The van der Waals surface area contributed by atoms with E-state index in [1.807, 2.05) is 11.8 Å². The zero-order valence-electron chi connectivity index (χ0n) is 16.1. The van der Waals surface area contributed by atoms with Gasteiger partial charge in [-0.25, -0.2) is 4.57 Å². The standard InChI is InChI=1S/C23H27N2S/c1-17-8-5-6-9-20(17)25-16-21(24-14-7-15-26-22(24)25)18-10-12-19(13-11-18)23(2,3)4/h5-6,8-13,16H,7,14-15H2,1-4H3/q+1. The molecule has 134 valence electrons. The van der Waals surface area contributed by atoms with Crippen LogP contribution in [0.5, 0.6) is 0 Å². The number of para-hydroxylation sites is 1. The molecular weight excluding hydrogens is 336 g/mol. The quantitative estimate of drug-likeness (QED) is 0.544. The molecular formula is C23H27N2S+. The fraction of sp³-hybridized carbons (Fsp3) is 0.348. The summed E-state index contributed by atoms with van der Waals surface area (Å²) in [6.07, 6.45) is 3.55. The maximum Gasteiger partial charge on any atom is 0.323 e. The highest BCUT2D eigenvalue weighted by Crippen LogP contribution is 2.32. The summed E-state index contributed by atoms with van der Waals surface area (Å²) in [4.78, 5) is 0. The molecule has 0 radical (unpaired) electrons. The van der Waals surface area contributed by atoms with Crippen molar-refractivity contribution in [1.29, 1.82) is 0 Å². The highest BCUT2D eigenvalue weighted by molar-refractivity contribution is 7.99. The van der Waals surface area contributed by atoms with E-state index in [-0.39, 0.29) is 5.41 Å². The van der Waals surface area contributed by atoms with Crippen LogP contribution in [-0.2, 0) is 12.0 Å². The van der Waals surface area contributed by atoms with Gasteiger partial charge in [-0.2, -0.15) is 4.57 Å². The number of hydrogen-bond acceptors (Lipinski definition) is 1. The van der Waals surface area contributed by atoms with Crippen molar-refractivity contribution in [1.82, 2.24) is 4.57 Å². The molecule has 26 heavy (non-hydrogen) atoms. The Labute approximate surface area is 160 Å². The van der Waals surface area contributed by atoms with Crippen molar-refractivity contribution in [3.8, 4) is 16.9 Å². The van der Waals surface area contributed by atoms with Crippen molar-refractivity contribution >= 4 is 11.8 Å². The van der Waals surface area contributed by atoms with Crippen LogP contribution >= 0.6 is 11.8 Å². The molecule has 1 aliphatic rings. The molecule has 0 unspecified atom stereocenters. The molecule has 0 spiro atoms. The molecule has 0 saturated carbocycles. The van der Waals surface area contributed by atoms with Gasteiger partial charge in [0.2, 0.25) is 0 Å². The molecule has 3 heteroatoms. The molecule has 3 aromatic rings. The number of imidazole rings is 1. The Balaban J connectivity index is 1.84. The second kappa shape index (κ2) is 6.62. The summed E-state index contributed by atoms with van der Waals surface area (Å²) >= 11 is 1.97. The number of thioether (sulfide) groups is 1. The minimum atomic E-state index is 0.189. The van der Waals surface area contributed by atoms with E-state index >= 15 is 0 Å². The van der Waals surface area contributed by atoms with Crippen molar-refractivity contribution in [3.05, 3.63) is 65.9 Å². The van der Waals surface area contributed by atoms with E-state index in [4.69, 9.17) is 0 Å². The molecule has 0 atom stereocenters. The minimum absolute atomic E-state index is 0.189. The highest BCUT2D eigenvalue weighted by Gasteiger charge is 2.29. The van der Waals surface area contributed by atoms with Crippen LogP contribution in [0.3, 0.4) is 0 Å². The Kier molecular flexibility index (Phi) is 4.44. The van der Waals surface area contributed by atoms with Gasteiger partial charge in [0.05, 0.1) is 6.54 Å². The van der Waals surface area contributed by atoms with E-state index in [9.17, 15) is 0 Å². The number of aromatic nitrogens is 2. The Morgan fingerprint density at radius 1 is 1.00 bits per heavy atom. The molecule has 0 N–H and O–H groups in total. The van der Waals surface area contributed by atoms with Crippen LogP contribution in [0, 0.1) is 6.92 Å². The van der Waals surface area contributed by atoms with Gasteiger partial charge in [-0.05, 0) is 47.7 Å². The first-order valence-corrected chi connectivity index (χ1v) is 10.4. The van der Waals surface area contributed by atoms with Crippen molar-refractivity contribution in [2.45, 2.75) is 51.2 Å². The number of aryl methyl sites for hydroxylation is 1. The lowest BCUT2D eigenvalue weighted by Crippen LogP contribution is -2.33. The van der Waals surface area contributed by atoms with Crippen LogP contribution in [0.4, 0.5) is 0 Å². The fourth-order valence-electron chi connectivity index (χ4n) is 3.61. The van der Waals surface area contributed by atoms with Crippen LogP contribution in [0.1, 0.15) is 38.3 Å². The van der Waals surface area contributed by atoms with Gasteiger partial charge in [0, 0.05) is 11.3 Å². The normalized spacial score (nSPS) is 14.3. The third-order valence-corrected chi connectivity index (χ3v) is 6.33. The molecule has 2 nitrogen and oxygen atoms in total. The van der Waals surface area contributed by atoms with Gasteiger partial charge in [-0.3, -0.25) is 0 Å². The number of benzene rings is 2. The molecule has 0 amide bonds. The molecule has 2 heterocycles. The van der Waals surface area contributed by atoms with Gasteiger partial charge >= 0.3 is 5.16 Å². The molecule has 1 aliphatic heterocycles. The van der Waals surface area contributed by atoms with Crippen molar-refractivity contribution in [2.75, 3.05) is 5.75 Å². The lowest BCUT2D eigenvalue weighted by Gasteiger charge is -2.19. The summed E-state index contributed by atoms with van der Waals surface area (Å²) in [6.45, 7) is 10.1. The summed E-state index contributed by atoms with van der Waals surface area (Å²) < 4.78 is 4.87. The number of nitrogens with zero attached hydrogens (tertiary/aromatic N) is 2. The third kappa shape index (κ3) is 3.09. The summed E-state index contributed by atoms with van der Waals surface area (Å²) in [6, 6.07) is 17.8. The van der Waals surface area contributed by atoms with Crippen LogP contribution in [0.25, 0.3) is 16.9 Å². The van der Waals surface area contributed by atoms with E-state index in [1.54, 1.807) is 0 Å². The van der Waals surface area contributed by atoms with E-state index in [2.05, 4.69) is 91.6 Å². The van der Waals surface area contributed by atoms with Crippen LogP contribution in [0.2, 0.25) is 0 Å². The Bertz CT molecular complexity index is 930. The lowest BCUT2D eigenvalue weighted by atomic mass is 9.86. The third-order valence-electron chi connectivity index (χ3n) is 5.16. The fourth-order valence-corrected chi connectivity index (χ4v) is 4.70. The van der Waals surface area contributed by atoms with Crippen LogP contribution < -0.4 is 4.57 Å². The average molecular weight is 364 g/mol. The first kappa shape index (κ1) is 17.4. The van der Waals surface area contributed by atoms with Gasteiger partial charge in [0.1, 0.15) is 11.9 Å². The first-order valence-electron chi connectivity index (χ1n) is 9.40. The number of rotatable bonds is 2. The Morgan fingerprint density at radius 3 is 2.42 bits per heavy atom. The smallest absolute Gasteiger partial charge is 0.217 e. The van der Waals surface area contributed by atoms with E-state index < -0.39 is 0 Å². The lowest BCUT2D eigenvalue weighted by molar-refractivity contribution is -0.637. The molecule has 0 aliphatic carbocycles. The maximum atomic E-state index is 2.49. The molecule has 2 aromatic carbocycles. The molecule has 0 fully saturated rings. The Morgan fingerprint density at radius 2 is 1.73 bits per heavy atom. The second-order valence-corrected chi connectivity index (χ2v) is 9.20. The minimum Gasteiger partial charge on any atom is -0.217 e. The van der Waals surface area contributed by atoms with Crippen molar-refractivity contribution < 1.29 is 4.57 Å². The summed E-state index contributed by atoms with van der Waals surface area (Å²) in [5, 5.41) is 1.35. The van der Waals surface area contributed by atoms with E-state index in [1.165, 1.54) is 45.4 Å². The molecule has 0 bridgehead atoms. The van der Waals surface area contributed by atoms with Gasteiger partial charge in [0.15, 0.2) is 5.69 Å². The number of fused-ring (bicyclic) bond motifs is 1. The average Bonchev–Trinajstić information content (AvgIpc) is 3.01. The SMILES string of the molecule is Cc1ccccc1-[n+]1cc(-c2ccc(C(C)(C)C)cc2)n2c1SCCC2. The molecule has 0 saturated heterocycles. The van der Waals surface area contributed by atoms with Crippen LogP contribution in [0.15, 0.2) is 59.9 Å². The monoisotopic (exact) mass is 363 g/mol. The number of hydrogen-bond donors (Lipinski definition) is 0. The molecule has 1 aromatic heterocycles. The zero-order valence-corrected chi connectivity index (χ0v) is 16.9. The van der Waals surface area contributed by atoms with E-state index in [0.29, 0.717) is 0 Å². The predicted octanol–water partition coefficient (Wildman–Crippen LogP) is 5.53. The summed E-state index contributed by atoms with van der Waals surface area (Å²) in [7, 11) is 0. The summed E-state index contributed by atoms with van der Waals surface area (Å²) in [5.41, 5.74) is 6.78. The second-order valence-electron chi connectivity index (χ2n) is 8.13. The van der Waals surface area contributed by atoms with Gasteiger partial charge in [0.25, 0.3) is 0 Å². The van der Waals surface area contributed by atoms with Crippen molar-refractivity contribution in [2.24, 2.45) is 0 Å². The Hall–Kier alpha value is -2.00. The topological polar surface area (TPSA) is 8.81 Å². The molecule has 4 rings (SSSR count). The van der Waals surface area contributed by atoms with Gasteiger partial charge in [-0.1, -0.05) is 63.2 Å². The van der Waals surface area contributed by atoms with Crippen LogP contribution in [-0.4, -0.2) is 10.3 Å². The highest BCUT2D eigenvalue weighted by atomic mass is 32.2. The van der Waals surface area contributed by atoms with Gasteiger partial charge < -0.3 is 0 Å². The first-order chi connectivity index (χ1) is 12.4. The maximum absolute atomic E-state index is 2.49. The van der Waals surface area contributed by atoms with E-state index in [0.717, 1.165) is 6.54 Å².